The van der Waals surface area contributed by atoms with E-state index < -0.39 is 11.6 Å². The van der Waals surface area contributed by atoms with Gasteiger partial charge in [0.2, 0.25) is 0 Å². The lowest BCUT2D eigenvalue weighted by molar-refractivity contribution is 0.158. The fourth-order valence-electron chi connectivity index (χ4n) is 1.06. The summed E-state index contributed by atoms with van der Waals surface area (Å²) < 4.78 is 31.4. The summed E-state index contributed by atoms with van der Waals surface area (Å²) in [5.41, 5.74) is 0.267. The maximum Gasteiger partial charge on any atom is 0.149 e. The smallest absolute Gasteiger partial charge is 0.149 e. The van der Waals surface area contributed by atoms with E-state index in [0.29, 0.717) is 19.8 Å². The molecule has 0 aliphatic carbocycles. The van der Waals surface area contributed by atoms with Crippen LogP contribution in [0.15, 0.2) is 16.6 Å². The van der Waals surface area contributed by atoms with Gasteiger partial charge in [-0.1, -0.05) is 0 Å². The number of nitrogens with one attached hydrogen (secondary N) is 1. The van der Waals surface area contributed by atoms with Gasteiger partial charge < -0.3 is 10.1 Å². The van der Waals surface area contributed by atoms with Crippen LogP contribution in [0.5, 0.6) is 0 Å². The average Bonchev–Trinajstić information content (AvgIpc) is 2.20. The van der Waals surface area contributed by atoms with Crippen LogP contribution in [-0.2, 0) is 4.74 Å². The van der Waals surface area contributed by atoms with Crippen LogP contribution < -0.4 is 5.32 Å². The van der Waals surface area contributed by atoms with Crippen molar-refractivity contribution in [3.63, 3.8) is 0 Å². The summed E-state index contributed by atoms with van der Waals surface area (Å²) >= 11 is 2.99. The number of benzene rings is 1. The highest BCUT2D eigenvalue weighted by Gasteiger charge is 2.07. The van der Waals surface area contributed by atoms with Gasteiger partial charge in [-0.05, 0) is 28.9 Å². The van der Waals surface area contributed by atoms with Gasteiger partial charge in [-0.25, -0.2) is 8.78 Å². The van der Waals surface area contributed by atoms with E-state index in [1.165, 1.54) is 6.07 Å². The lowest BCUT2D eigenvalue weighted by Gasteiger charge is -2.08. The quantitative estimate of drug-likeness (QED) is 0.660. The lowest BCUT2D eigenvalue weighted by atomic mass is 10.3. The van der Waals surface area contributed by atoms with E-state index in [1.807, 2.05) is 6.92 Å². The Morgan fingerprint density at radius 1 is 1.33 bits per heavy atom. The summed E-state index contributed by atoms with van der Waals surface area (Å²) in [6, 6.07) is 2.21. The zero-order valence-electron chi connectivity index (χ0n) is 8.32. The molecule has 0 amide bonds. The number of rotatable bonds is 5. The predicted molar refractivity (Wildman–Crippen MR) is 59.0 cm³/mol. The summed E-state index contributed by atoms with van der Waals surface area (Å²) in [6.45, 7) is 3.49. The van der Waals surface area contributed by atoms with Crippen LogP contribution >= 0.6 is 15.9 Å². The van der Waals surface area contributed by atoms with Crippen molar-refractivity contribution in [2.24, 2.45) is 0 Å². The van der Waals surface area contributed by atoms with Crippen molar-refractivity contribution in [2.45, 2.75) is 6.92 Å². The molecule has 0 saturated carbocycles. The predicted octanol–water partition coefficient (Wildman–Crippen LogP) is 3.18. The fourth-order valence-corrected chi connectivity index (χ4v) is 1.40. The second kappa shape index (κ2) is 6.02. The molecule has 0 atom stereocenters. The van der Waals surface area contributed by atoms with Gasteiger partial charge in [-0.15, -0.1) is 0 Å². The van der Waals surface area contributed by atoms with E-state index in [2.05, 4.69) is 21.2 Å². The van der Waals surface area contributed by atoms with E-state index in [0.717, 1.165) is 6.07 Å². The van der Waals surface area contributed by atoms with Gasteiger partial charge in [-0.2, -0.15) is 0 Å². The van der Waals surface area contributed by atoms with E-state index in [4.69, 9.17) is 4.74 Å². The molecule has 0 unspecified atom stereocenters. The average molecular weight is 280 g/mol. The first-order valence-corrected chi connectivity index (χ1v) is 5.40. The first-order valence-electron chi connectivity index (χ1n) is 4.61. The molecule has 1 N–H and O–H groups in total. The molecule has 0 aliphatic rings. The Bertz CT molecular complexity index is 333. The highest BCUT2D eigenvalue weighted by atomic mass is 79.9. The minimum Gasteiger partial charge on any atom is -0.380 e. The first kappa shape index (κ1) is 12.4. The van der Waals surface area contributed by atoms with Crippen LogP contribution in [0, 0.1) is 11.6 Å². The molecule has 84 valence electrons. The molecule has 2 nitrogen and oxygen atoms in total. The zero-order chi connectivity index (χ0) is 11.3. The van der Waals surface area contributed by atoms with E-state index in [-0.39, 0.29) is 10.2 Å². The molecule has 0 bridgehead atoms. The molecule has 0 fully saturated rings. The van der Waals surface area contributed by atoms with Crippen LogP contribution in [0.1, 0.15) is 6.92 Å². The highest BCUT2D eigenvalue weighted by Crippen LogP contribution is 2.23. The normalized spacial score (nSPS) is 10.4. The fraction of sp³-hybridized carbons (Fsp3) is 0.400. The molecule has 1 aromatic carbocycles. The van der Waals surface area contributed by atoms with Gasteiger partial charge in [0.05, 0.1) is 16.8 Å². The van der Waals surface area contributed by atoms with Gasteiger partial charge in [0.25, 0.3) is 0 Å². The Morgan fingerprint density at radius 2 is 2.07 bits per heavy atom. The monoisotopic (exact) mass is 279 g/mol. The Hall–Kier alpha value is -0.680. The third-order valence-corrected chi connectivity index (χ3v) is 2.38. The van der Waals surface area contributed by atoms with Crippen molar-refractivity contribution in [1.82, 2.24) is 0 Å². The maximum absolute atomic E-state index is 13.2. The largest absolute Gasteiger partial charge is 0.380 e. The van der Waals surface area contributed by atoms with Crippen molar-refractivity contribution in [1.29, 1.82) is 0 Å². The van der Waals surface area contributed by atoms with Crippen molar-refractivity contribution in [2.75, 3.05) is 25.1 Å². The number of ether oxygens (including phenoxy) is 1. The van der Waals surface area contributed by atoms with E-state index in [9.17, 15) is 8.78 Å². The highest BCUT2D eigenvalue weighted by molar-refractivity contribution is 9.10. The third kappa shape index (κ3) is 3.76. The van der Waals surface area contributed by atoms with Gasteiger partial charge >= 0.3 is 0 Å². The van der Waals surface area contributed by atoms with Crippen molar-refractivity contribution in [3.05, 3.63) is 28.2 Å². The van der Waals surface area contributed by atoms with Crippen molar-refractivity contribution < 1.29 is 13.5 Å². The molecule has 0 radical (unpaired) electrons. The van der Waals surface area contributed by atoms with Gasteiger partial charge in [0.1, 0.15) is 11.6 Å². The van der Waals surface area contributed by atoms with Crippen LogP contribution in [0.2, 0.25) is 0 Å². The van der Waals surface area contributed by atoms with Gasteiger partial charge in [0.15, 0.2) is 0 Å². The van der Waals surface area contributed by atoms with Crippen LogP contribution in [0.4, 0.5) is 14.5 Å². The summed E-state index contributed by atoms with van der Waals surface area (Å²) in [5.74, 6) is -1.21. The zero-order valence-corrected chi connectivity index (χ0v) is 9.90. The molecule has 1 aromatic rings. The van der Waals surface area contributed by atoms with E-state index >= 15 is 0 Å². The van der Waals surface area contributed by atoms with Crippen LogP contribution in [0.3, 0.4) is 0 Å². The molecular formula is C10H12BrF2NO. The first-order chi connectivity index (χ1) is 7.15. The minimum absolute atomic E-state index is 0.239. The summed E-state index contributed by atoms with van der Waals surface area (Å²) in [6.07, 6.45) is 0. The number of anilines is 1. The second-order valence-corrected chi connectivity index (χ2v) is 3.72. The molecule has 0 spiro atoms. The maximum atomic E-state index is 13.2. The van der Waals surface area contributed by atoms with Gasteiger partial charge in [0, 0.05) is 19.2 Å². The Morgan fingerprint density at radius 3 is 2.73 bits per heavy atom. The van der Waals surface area contributed by atoms with Crippen molar-refractivity contribution >= 4 is 21.6 Å². The van der Waals surface area contributed by atoms with Crippen molar-refractivity contribution in [3.8, 4) is 0 Å². The topological polar surface area (TPSA) is 21.3 Å². The number of hydrogen-bond donors (Lipinski definition) is 1. The summed E-state index contributed by atoms with van der Waals surface area (Å²) in [7, 11) is 0. The Kier molecular flexibility index (Phi) is 4.98. The molecular weight excluding hydrogens is 268 g/mol. The SMILES string of the molecule is CCOCCNc1cc(Br)c(F)cc1F. The third-order valence-electron chi connectivity index (χ3n) is 1.78. The molecule has 1 rings (SSSR count). The van der Waals surface area contributed by atoms with Crippen LogP contribution in [0.25, 0.3) is 0 Å². The number of hydrogen-bond acceptors (Lipinski definition) is 2. The van der Waals surface area contributed by atoms with Gasteiger partial charge in [-0.3, -0.25) is 0 Å². The molecule has 0 saturated heterocycles. The molecule has 0 heterocycles. The molecule has 0 aromatic heterocycles. The summed E-state index contributed by atoms with van der Waals surface area (Å²) in [4.78, 5) is 0. The van der Waals surface area contributed by atoms with E-state index in [1.54, 1.807) is 0 Å². The summed E-state index contributed by atoms with van der Waals surface area (Å²) in [5, 5.41) is 2.82. The second-order valence-electron chi connectivity index (χ2n) is 2.87. The molecule has 5 heteroatoms. The molecule has 15 heavy (non-hydrogen) atoms. The Labute approximate surface area is 95.8 Å². The molecule has 0 aliphatic heterocycles. The Balaban J connectivity index is 2.57. The lowest BCUT2D eigenvalue weighted by Crippen LogP contribution is -2.10. The van der Waals surface area contributed by atoms with Crippen LogP contribution in [-0.4, -0.2) is 19.8 Å². The standard InChI is InChI=1S/C10H12BrF2NO/c1-2-15-4-3-14-10-5-7(11)8(12)6-9(10)13/h5-6,14H,2-4H2,1H3. The number of halogens is 3. The minimum atomic E-state index is -0.608.